The van der Waals surface area contributed by atoms with Crippen LogP contribution in [-0.2, 0) is 12.4 Å². The Morgan fingerprint density at radius 2 is 2.10 bits per heavy atom. The molecule has 2 rings (SSSR count). The largest absolute Gasteiger partial charge is 0.496 e. The molecule has 5 heteroatoms. The van der Waals surface area contributed by atoms with E-state index in [0.717, 1.165) is 22.6 Å². The van der Waals surface area contributed by atoms with Crippen LogP contribution in [0.4, 0.5) is 0 Å². The van der Waals surface area contributed by atoms with Crippen LogP contribution < -0.4 is 10.3 Å². The smallest absolute Gasteiger partial charge is 0.271 e. The van der Waals surface area contributed by atoms with Crippen LogP contribution in [0.25, 0.3) is 11.3 Å². The Hall–Kier alpha value is -1.81. The van der Waals surface area contributed by atoms with Gasteiger partial charge in [0.05, 0.1) is 18.7 Å². The first-order valence-corrected chi connectivity index (χ1v) is 6.96. The number of hydrogen-bond acceptors (Lipinski definition) is 3. The van der Waals surface area contributed by atoms with Crippen LogP contribution in [0, 0.1) is 6.92 Å². The molecule has 1 aromatic heterocycles. The van der Waals surface area contributed by atoms with Crippen LogP contribution in [0.3, 0.4) is 0 Å². The summed E-state index contributed by atoms with van der Waals surface area (Å²) >= 11 is 5.84. The van der Waals surface area contributed by atoms with Gasteiger partial charge in [0.1, 0.15) is 5.75 Å². The summed E-state index contributed by atoms with van der Waals surface area (Å²) in [5, 5.41) is 4.37. The minimum atomic E-state index is -0.128. The molecule has 0 aliphatic heterocycles. The second kappa shape index (κ2) is 6.09. The summed E-state index contributed by atoms with van der Waals surface area (Å²) in [6, 6.07) is 7.57. The molecule has 1 heterocycles. The quantitative estimate of drug-likeness (QED) is 0.814. The third-order valence-electron chi connectivity index (χ3n) is 3.18. The summed E-state index contributed by atoms with van der Waals surface area (Å²) in [6.07, 6.45) is 0. The highest BCUT2D eigenvalue weighted by atomic mass is 35.5. The average molecular weight is 293 g/mol. The molecule has 1 aromatic carbocycles. The van der Waals surface area contributed by atoms with Crippen LogP contribution in [0.5, 0.6) is 5.75 Å². The van der Waals surface area contributed by atoms with Crippen molar-refractivity contribution in [1.82, 2.24) is 9.78 Å². The van der Waals surface area contributed by atoms with Gasteiger partial charge in [-0.3, -0.25) is 4.79 Å². The number of aromatic nitrogens is 2. The van der Waals surface area contributed by atoms with Crippen LogP contribution in [-0.4, -0.2) is 16.9 Å². The van der Waals surface area contributed by atoms with E-state index in [2.05, 4.69) is 5.10 Å². The van der Waals surface area contributed by atoms with Crippen LogP contribution in [0.1, 0.15) is 18.1 Å². The second-order valence-electron chi connectivity index (χ2n) is 4.49. The first-order valence-electron chi connectivity index (χ1n) is 6.42. The Labute approximate surface area is 123 Å². The van der Waals surface area contributed by atoms with Crippen molar-refractivity contribution in [3.63, 3.8) is 0 Å². The molecule has 4 nitrogen and oxygen atoms in total. The predicted molar refractivity (Wildman–Crippen MR) is 80.5 cm³/mol. The van der Waals surface area contributed by atoms with Gasteiger partial charge in [-0.15, -0.1) is 11.6 Å². The van der Waals surface area contributed by atoms with E-state index in [1.165, 1.54) is 4.68 Å². The molecule has 2 aromatic rings. The second-order valence-corrected chi connectivity index (χ2v) is 4.76. The molecule has 0 aliphatic rings. The Balaban J connectivity index is 2.57. The van der Waals surface area contributed by atoms with Gasteiger partial charge in [-0.2, -0.15) is 5.10 Å². The highest BCUT2D eigenvalue weighted by Crippen LogP contribution is 2.24. The average Bonchev–Trinajstić information content (AvgIpc) is 2.47. The number of alkyl halides is 1. The van der Waals surface area contributed by atoms with Gasteiger partial charge in [-0.25, -0.2) is 4.68 Å². The van der Waals surface area contributed by atoms with Crippen LogP contribution >= 0.6 is 11.6 Å². The number of methoxy groups -OCH3 is 1. The maximum absolute atomic E-state index is 12.0. The first kappa shape index (κ1) is 14.6. The predicted octanol–water partition coefficient (Wildman–Crippen LogP) is 2.99. The zero-order chi connectivity index (χ0) is 14.7. The maximum atomic E-state index is 12.0. The third kappa shape index (κ3) is 2.70. The van der Waals surface area contributed by atoms with E-state index in [1.807, 2.05) is 32.0 Å². The Bertz CT molecular complexity index is 652. The Morgan fingerprint density at radius 1 is 1.35 bits per heavy atom. The molecule has 106 valence electrons. The number of ether oxygens (including phenoxy) is 1. The number of rotatable bonds is 4. The standard InChI is InChI=1S/C15H17ClN2O2/c1-4-18-15(19)12(9-16)8-13(17-18)11-5-6-14(20-3)10(2)7-11/h5-8H,4,9H2,1-3H3. The van der Waals surface area contributed by atoms with Gasteiger partial charge >= 0.3 is 0 Å². The van der Waals surface area contributed by atoms with E-state index in [9.17, 15) is 4.79 Å². The zero-order valence-electron chi connectivity index (χ0n) is 11.8. The topological polar surface area (TPSA) is 44.1 Å². The lowest BCUT2D eigenvalue weighted by atomic mass is 10.1. The van der Waals surface area contributed by atoms with Crippen molar-refractivity contribution in [2.75, 3.05) is 7.11 Å². The van der Waals surface area contributed by atoms with Crippen molar-refractivity contribution < 1.29 is 4.74 Å². The van der Waals surface area contributed by atoms with E-state index < -0.39 is 0 Å². The normalized spacial score (nSPS) is 10.6. The molecule has 0 spiro atoms. The van der Waals surface area contributed by atoms with Crippen molar-refractivity contribution in [2.45, 2.75) is 26.3 Å². The number of nitrogens with zero attached hydrogens (tertiary/aromatic N) is 2. The fourth-order valence-corrected chi connectivity index (χ4v) is 2.28. The summed E-state index contributed by atoms with van der Waals surface area (Å²) in [5.74, 6) is 1.01. The van der Waals surface area contributed by atoms with E-state index in [4.69, 9.17) is 16.3 Å². The fourth-order valence-electron chi connectivity index (χ4n) is 2.09. The molecule has 0 saturated carbocycles. The van der Waals surface area contributed by atoms with Gasteiger partial charge < -0.3 is 4.74 Å². The lowest BCUT2D eigenvalue weighted by molar-refractivity contribution is 0.412. The summed E-state index contributed by atoms with van der Waals surface area (Å²) in [7, 11) is 1.64. The van der Waals surface area contributed by atoms with Gasteiger partial charge in [0.25, 0.3) is 5.56 Å². The summed E-state index contributed by atoms with van der Waals surface area (Å²) < 4.78 is 6.69. The van der Waals surface area contributed by atoms with Crippen molar-refractivity contribution in [2.24, 2.45) is 0 Å². The van der Waals surface area contributed by atoms with E-state index in [1.54, 1.807) is 13.2 Å². The molecule has 0 atom stereocenters. The van der Waals surface area contributed by atoms with Crippen LogP contribution in [0.2, 0.25) is 0 Å². The SMILES string of the molecule is CCn1nc(-c2ccc(OC)c(C)c2)cc(CCl)c1=O. The highest BCUT2D eigenvalue weighted by Gasteiger charge is 2.09. The summed E-state index contributed by atoms with van der Waals surface area (Å²) in [5.41, 5.74) is 3.14. The number of halogens is 1. The number of benzene rings is 1. The molecule has 20 heavy (non-hydrogen) atoms. The molecule has 0 fully saturated rings. The van der Waals surface area contributed by atoms with Gasteiger partial charge in [0.15, 0.2) is 0 Å². The minimum absolute atomic E-state index is 0.128. The zero-order valence-corrected chi connectivity index (χ0v) is 12.6. The molecule has 0 N–H and O–H groups in total. The highest BCUT2D eigenvalue weighted by molar-refractivity contribution is 6.17. The molecule has 0 saturated heterocycles. The maximum Gasteiger partial charge on any atom is 0.271 e. The van der Waals surface area contributed by atoms with E-state index in [-0.39, 0.29) is 11.4 Å². The molecule has 0 amide bonds. The molecule has 0 aliphatic carbocycles. The molecular weight excluding hydrogens is 276 g/mol. The molecule has 0 radical (unpaired) electrons. The monoisotopic (exact) mass is 292 g/mol. The Morgan fingerprint density at radius 3 is 2.65 bits per heavy atom. The minimum Gasteiger partial charge on any atom is -0.496 e. The molecule has 0 unspecified atom stereocenters. The van der Waals surface area contributed by atoms with E-state index >= 15 is 0 Å². The van der Waals surface area contributed by atoms with Gasteiger partial charge in [-0.1, -0.05) is 0 Å². The molecular formula is C15H17ClN2O2. The molecule has 0 bridgehead atoms. The third-order valence-corrected chi connectivity index (χ3v) is 3.47. The summed E-state index contributed by atoms with van der Waals surface area (Å²) in [6.45, 7) is 4.38. The summed E-state index contributed by atoms with van der Waals surface area (Å²) in [4.78, 5) is 12.0. The van der Waals surface area contributed by atoms with Crippen molar-refractivity contribution >= 4 is 11.6 Å². The van der Waals surface area contributed by atoms with Gasteiger partial charge in [0.2, 0.25) is 0 Å². The fraction of sp³-hybridized carbons (Fsp3) is 0.333. The Kier molecular flexibility index (Phi) is 4.45. The lowest BCUT2D eigenvalue weighted by Crippen LogP contribution is -2.25. The number of aryl methyl sites for hydroxylation is 2. The van der Waals surface area contributed by atoms with Crippen molar-refractivity contribution in [1.29, 1.82) is 0 Å². The van der Waals surface area contributed by atoms with Crippen molar-refractivity contribution in [3.8, 4) is 17.0 Å². The first-order chi connectivity index (χ1) is 9.60. The van der Waals surface area contributed by atoms with Crippen molar-refractivity contribution in [3.05, 3.63) is 45.7 Å². The van der Waals surface area contributed by atoms with Gasteiger partial charge in [0, 0.05) is 17.7 Å². The lowest BCUT2D eigenvalue weighted by Gasteiger charge is -2.10. The van der Waals surface area contributed by atoms with Crippen LogP contribution in [0.15, 0.2) is 29.1 Å². The van der Waals surface area contributed by atoms with E-state index in [0.29, 0.717) is 12.1 Å². The van der Waals surface area contributed by atoms with Gasteiger partial charge in [-0.05, 0) is 43.7 Å². The number of hydrogen-bond donors (Lipinski definition) is 0.